The molecule has 0 amide bonds. The third-order valence-corrected chi connectivity index (χ3v) is 3.17. The van der Waals surface area contributed by atoms with Crippen molar-refractivity contribution < 1.29 is 0 Å². The molecule has 0 spiro atoms. The van der Waals surface area contributed by atoms with E-state index in [1.165, 1.54) is 0 Å². The lowest BCUT2D eigenvalue weighted by molar-refractivity contribution is 0.794. The first-order valence-corrected chi connectivity index (χ1v) is 5.75. The van der Waals surface area contributed by atoms with Gasteiger partial charge in [-0.15, -0.1) is 0 Å². The molecule has 2 aromatic heterocycles. The van der Waals surface area contributed by atoms with Gasteiger partial charge in [0.15, 0.2) is 5.82 Å². The molecule has 0 aliphatic rings. The van der Waals surface area contributed by atoms with E-state index in [-0.39, 0.29) is 0 Å². The molecule has 0 aliphatic heterocycles. The van der Waals surface area contributed by atoms with Crippen LogP contribution in [0.3, 0.4) is 0 Å². The van der Waals surface area contributed by atoms with Gasteiger partial charge in [0.05, 0.1) is 21.4 Å². The van der Waals surface area contributed by atoms with Crippen LogP contribution < -0.4 is 0 Å². The number of halogens is 2. The normalized spacial score (nSPS) is 10.8. The first kappa shape index (κ1) is 11.4. The molecule has 0 saturated heterocycles. The highest BCUT2D eigenvalue weighted by atomic mass is 35.5. The molecule has 0 N–H and O–H groups in total. The quantitative estimate of drug-likeness (QED) is 0.823. The molecule has 2 aromatic rings. The minimum atomic E-state index is 0.562. The van der Waals surface area contributed by atoms with E-state index in [2.05, 4.69) is 10.1 Å². The summed E-state index contributed by atoms with van der Waals surface area (Å²) in [5.74, 6) is 0.614. The third kappa shape index (κ3) is 1.81. The zero-order valence-electron chi connectivity index (χ0n) is 9.04. The van der Waals surface area contributed by atoms with Gasteiger partial charge >= 0.3 is 0 Å². The van der Waals surface area contributed by atoms with Gasteiger partial charge in [0.2, 0.25) is 0 Å². The number of aryl methyl sites for hydroxylation is 1. The second-order valence-electron chi connectivity index (χ2n) is 3.42. The number of hydrogen-bond donors (Lipinski definition) is 0. The maximum atomic E-state index is 6.16. The summed E-state index contributed by atoms with van der Waals surface area (Å²) >= 11 is 12.2. The molecule has 84 valence electrons. The molecule has 3 nitrogen and oxygen atoms in total. The van der Waals surface area contributed by atoms with Crippen molar-refractivity contribution in [1.82, 2.24) is 14.8 Å². The molecule has 0 bridgehead atoms. The molecule has 0 fully saturated rings. The Morgan fingerprint density at radius 3 is 2.69 bits per heavy atom. The van der Waals surface area contributed by atoms with Crippen molar-refractivity contribution in [1.29, 1.82) is 0 Å². The van der Waals surface area contributed by atoms with E-state index in [0.29, 0.717) is 15.9 Å². The van der Waals surface area contributed by atoms with Crippen LogP contribution in [-0.2, 0) is 6.42 Å². The van der Waals surface area contributed by atoms with Crippen LogP contribution in [-0.4, -0.2) is 14.8 Å². The maximum absolute atomic E-state index is 6.16. The van der Waals surface area contributed by atoms with Gasteiger partial charge < -0.3 is 0 Å². The van der Waals surface area contributed by atoms with Crippen molar-refractivity contribution in [3.63, 3.8) is 0 Å². The average Bonchev–Trinajstić information content (AvgIpc) is 2.57. The van der Waals surface area contributed by atoms with Gasteiger partial charge in [0.1, 0.15) is 0 Å². The predicted octanol–water partition coefficient (Wildman–Crippen LogP) is 3.44. The highest BCUT2D eigenvalue weighted by molar-refractivity contribution is 6.32. The van der Waals surface area contributed by atoms with E-state index in [1.54, 1.807) is 23.0 Å². The summed E-state index contributed by atoms with van der Waals surface area (Å²) in [5.41, 5.74) is 1.72. The van der Waals surface area contributed by atoms with Gasteiger partial charge in [-0.05, 0) is 25.5 Å². The molecule has 0 radical (unpaired) electrons. The lowest BCUT2D eigenvalue weighted by Gasteiger charge is -2.04. The van der Waals surface area contributed by atoms with Gasteiger partial charge in [0.25, 0.3) is 0 Å². The van der Waals surface area contributed by atoms with Crippen molar-refractivity contribution >= 4 is 23.2 Å². The molecule has 16 heavy (non-hydrogen) atoms. The monoisotopic (exact) mass is 255 g/mol. The molecule has 0 aliphatic carbocycles. The Morgan fingerprint density at radius 1 is 1.38 bits per heavy atom. The lowest BCUT2D eigenvalue weighted by atomic mass is 10.3. The molecule has 0 atom stereocenters. The van der Waals surface area contributed by atoms with E-state index < -0.39 is 0 Å². The minimum absolute atomic E-state index is 0.562. The van der Waals surface area contributed by atoms with Gasteiger partial charge in [0, 0.05) is 6.20 Å². The van der Waals surface area contributed by atoms with Crippen LogP contribution in [0.4, 0.5) is 0 Å². The van der Waals surface area contributed by atoms with Crippen molar-refractivity contribution in [2.75, 3.05) is 0 Å². The molecular weight excluding hydrogens is 245 g/mol. The van der Waals surface area contributed by atoms with E-state index in [1.807, 2.05) is 13.8 Å². The number of aromatic nitrogens is 3. The Morgan fingerprint density at radius 2 is 2.12 bits per heavy atom. The SMILES string of the molecule is CCc1nn(-c2ncccc2Cl)c(C)c1Cl. The first-order valence-electron chi connectivity index (χ1n) is 5.00. The van der Waals surface area contributed by atoms with Crippen molar-refractivity contribution in [3.05, 3.63) is 39.8 Å². The fraction of sp³-hybridized carbons (Fsp3) is 0.273. The second-order valence-corrected chi connectivity index (χ2v) is 4.21. The van der Waals surface area contributed by atoms with Gasteiger partial charge in [-0.3, -0.25) is 0 Å². The summed E-state index contributed by atoms with van der Waals surface area (Å²) in [6.07, 6.45) is 2.47. The van der Waals surface area contributed by atoms with Crippen molar-refractivity contribution in [3.8, 4) is 5.82 Å². The standard InChI is InChI=1S/C11H11Cl2N3/c1-3-9-10(13)7(2)16(15-9)11-8(12)5-4-6-14-11/h4-6H,3H2,1-2H3. The Hall–Kier alpha value is -1.06. The van der Waals surface area contributed by atoms with Crippen LogP contribution in [0.15, 0.2) is 18.3 Å². The third-order valence-electron chi connectivity index (χ3n) is 2.38. The highest BCUT2D eigenvalue weighted by Gasteiger charge is 2.14. The molecule has 0 aromatic carbocycles. The number of nitrogens with zero attached hydrogens (tertiary/aromatic N) is 3. The zero-order chi connectivity index (χ0) is 11.7. The van der Waals surface area contributed by atoms with Crippen LogP contribution in [0.5, 0.6) is 0 Å². The Labute approximate surface area is 104 Å². The van der Waals surface area contributed by atoms with Crippen LogP contribution >= 0.6 is 23.2 Å². The highest BCUT2D eigenvalue weighted by Crippen LogP contribution is 2.25. The van der Waals surface area contributed by atoms with Crippen LogP contribution in [0, 0.1) is 6.92 Å². The molecule has 0 unspecified atom stereocenters. The minimum Gasteiger partial charge on any atom is -0.236 e. The number of pyridine rings is 1. The van der Waals surface area contributed by atoms with Gasteiger partial charge in [-0.1, -0.05) is 30.1 Å². The molecule has 5 heteroatoms. The Kier molecular flexibility index (Phi) is 3.17. The largest absolute Gasteiger partial charge is 0.236 e. The van der Waals surface area contributed by atoms with E-state index in [0.717, 1.165) is 17.8 Å². The summed E-state index contributed by atoms with van der Waals surface area (Å²) in [4.78, 5) is 4.21. The molecule has 2 heterocycles. The Balaban J connectivity index is 2.61. The number of rotatable bonds is 2. The van der Waals surface area contributed by atoms with Crippen molar-refractivity contribution in [2.24, 2.45) is 0 Å². The molecule has 2 rings (SSSR count). The van der Waals surface area contributed by atoms with E-state index in [9.17, 15) is 0 Å². The topological polar surface area (TPSA) is 30.7 Å². The van der Waals surface area contributed by atoms with Gasteiger partial charge in [-0.2, -0.15) is 5.10 Å². The fourth-order valence-electron chi connectivity index (χ4n) is 1.51. The summed E-state index contributed by atoms with van der Waals surface area (Å²) in [5, 5.41) is 5.64. The van der Waals surface area contributed by atoms with Crippen molar-refractivity contribution in [2.45, 2.75) is 20.3 Å². The van der Waals surface area contributed by atoms with E-state index in [4.69, 9.17) is 23.2 Å². The average molecular weight is 256 g/mol. The smallest absolute Gasteiger partial charge is 0.172 e. The van der Waals surface area contributed by atoms with Crippen LogP contribution in [0.2, 0.25) is 10.0 Å². The summed E-state index contributed by atoms with van der Waals surface area (Å²) < 4.78 is 1.68. The first-order chi connectivity index (χ1) is 7.65. The summed E-state index contributed by atoms with van der Waals surface area (Å²) in [6.45, 7) is 3.91. The zero-order valence-corrected chi connectivity index (χ0v) is 10.5. The fourth-order valence-corrected chi connectivity index (χ4v) is 1.96. The lowest BCUT2D eigenvalue weighted by Crippen LogP contribution is -2.02. The molecule has 0 saturated carbocycles. The Bertz CT molecular complexity index is 520. The maximum Gasteiger partial charge on any atom is 0.172 e. The number of hydrogen-bond acceptors (Lipinski definition) is 2. The predicted molar refractivity (Wildman–Crippen MR) is 65.5 cm³/mol. The second kappa shape index (κ2) is 4.44. The summed E-state index contributed by atoms with van der Waals surface area (Å²) in [6, 6.07) is 3.57. The molecular formula is C11H11Cl2N3. The van der Waals surface area contributed by atoms with E-state index >= 15 is 0 Å². The van der Waals surface area contributed by atoms with Crippen LogP contribution in [0.1, 0.15) is 18.3 Å². The summed E-state index contributed by atoms with van der Waals surface area (Å²) in [7, 11) is 0. The van der Waals surface area contributed by atoms with Gasteiger partial charge in [-0.25, -0.2) is 9.67 Å². The van der Waals surface area contributed by atoms with Crippen LogP contribution in [0.25, 0.3) is 5.82 Å².